The fraction of sp³-hybridized carbons (Fsp3) is 0.0870. The molecule has 0 fully saturated rings. The number of nitro benzene ring substituents is 1. The highest BCUT2D eigenvalue weighted by Gasteiger charge is 2.25. The molecule has 0 bridgehead atoms. The number of amides is 1. The quantitative estimate of drug-likeness (QED) is 0.0507. The van der Waals surface area contributed by atoms with Crippen LogP contribution in [0, 0.1) is 10.1 Å². The summed E-state index contributed by atoms with van der Waals surface area (Å²) in [5.41, 5.74) is -1.61. The van der Waals surface area contributed by atoms with Crippen LogP contribution in [0.5, 0.6) is 11.5 Å². The van der Waals surface area contributed by atoms with E-state index < -0.39 is 79.6 Å². The minimum absolute atomic E-state index is 0.0247. The van der Waals surface area contributed by atoms with Gasteiger partial charge in [0.05, 0.1) is 4.92 Å². The van der Waals surface area contributed by atoms with Gasteiger partial charge in [-0.25, -0.2) is 0 Å². The number of phenolic OH excluding ortho intramolecular Hbond substituents is 2. The molecule has 42 heavy (non-hydrogen) atoms. The molecule has 15 nitrogen and oxygen atoms in total. The van der Waals surface area contributed by atoms with Crippen molar-refractivity contribution in [2.75, 3.05) is 10.6 Å². The number of carbonyl (C=O) groups excluding carboxylic acids is 1. The number of nitrogens with one attached hydrogen (secondary N) is 1. The Morgan fingerprint density at radius 1 is 0.905 bits per heavy atom. The number of non-ortho nitro benzene ring substituents is 1. The Kier molecular flexibility index (Phi) is 8.54. The second-order valence-electron chi connectivity index (χ2n) is 8.50. The van der Waals surface area contributed by atoms with Crippen LogP contribution in [-0.2, 0) is 25.0 Å². The van der Waals surface area contributed by atoms with Crippen molar-refractivity contribution in [1.82, 2.24) is 0 Å². The summed E-state index contributed by atoms with van der Waals surface area (Å²) in [6, 6.07) is 8.35. The molecule has 0 aliphatic rings. The van der Waals surface area contributed by atoms with Crippen LogP contribution in [0.25, 0.3) is 21.5 Å². The predicted molar refractivity (Wildman–Crippen MR) is 157 cm³/mol. The lowest BCUT2D eigenvalue weighted by molar-refractivity contribution is -0.384. The highest BCUT2D eigenvalue weighted by Crippen LogP contribution is 2.45. The van der Waals surface area contributed by atoms with Crippen LogP contribution in [0.2, 0.25) is 0 Å². The van der Waals surface area contributed by atoms with E-state index in [1.54, 1.807) is 0 Å². The molecular weight excluding hydrogens is 732 g/mol. The number of halogens is 2. The van der Waals surface area contributed by atoms with Crippen molar-refractivity contribution in [3.8, 4) is 11.5 Å². The van der Waals surface area contributed by atoms with Crippen molar-refractivity contribution in [3.05, 3.63) is 58.6 Å². The smallest absolute Gasteiger partial charge is 0.296 e. The number of hydrogen-bond donors (Lipinski definition) is 5. The van der Waals surface area contributed by atoms with Crippen molar-refractivity contribution in [2.45, 2.75) is 14.6 Å². The molecule has 0 aliphatic heterocycles. The first-order valence-corrected chi connectivity index (χ1v) is 16.1. The lowest BCUT2D eigenvalue weighted by Gasteiger charge is -2.12. The molecule has 220 valence electrons. The molecule has 5 N–H and O–H groups in total. The zero-order chi connectivity index (χ0) is 31.1. The van der Waals surface area contributed by atoms with Crippen molar-refractivity contribution in [1.29, 1.82) is 0 Å². The second kappa shape index (κ2) is 11.5. The first-order valence-electron chi connectivity index (χ1n) is 11.1. The second-order valence-corrected chi connectivity index (χ2v) is 13.0. The largest absolute Gasteiger partial charge is 0.506 e. The van der Waals surface area contributed by atoms with E-state index >= 15 is 0 Å². The molecule has 19 heteroatoms. The Balaban J connectivity index is 1.93. The van der Waals surface area contributed by atoms with Gasteiger partial charge in [0, 0.05) is 45.4 Å². The molecule has 0 spiro atoms. The first kappa shape index (κ1) is 31.2. The molecule has 4 rings (SSSR count). The fourth-order valence-corrected chi connectivity index (χ4v) is 5.67. The van der Waals surface area contributed by atoms with Crippen LogP contribution >= 0.6 is 31.9 Å². The third-order valence-corrected chi connectivity index (χ3v) is 9.81. The van der Waals surface area contributed by atoms with Gasteiger partial charge >= 0.3 is 0 Å². The third-order valence-electron chi connectivity index (χ3n) is 5.79. The monoisotopic (exact) mass is 746 g/mol. The number of aromatic hydroxyl groups is 2. The number of nitro groups is 1. The zero-order valence-electron chi connectivity index (χ0n) is 20.5. The van der Waals surface area contributed by atoms with E-state index in [1.165, 1.54) is 18.2 Å². The number of nitrogens with zero attached hydrogens (tertiary/aromatic N) is 3. The number of rotatable bonds is 8. The summed E-state index contributed by atoms with van der Waals surface area (Å²) in [5.74, 6) is -2.07. The Bertz CT molecular complexity index is 2050. The van der Waals surface area contributed by atoms with E-state index in [9.17, 15) is 51.1 Å². The summed E-state index contributed by atoms with van der Waals surface area (Å²) < 4.78 is 67.7. The van der Waals surface area contributed by atoms with Crippen LogP contribution in [0.3, 0.4) is 0 Å². The van der Waals surface area contributed by atoms with E-state index in [4.69, 9.17) is 0 Å². The van der Waals surface area contributed by atoms with Crippen molar-refractivity contribution >= 4 is 102 Å². The Hall–Kier alpha value is -3.75. The highest BCUT2D eigenvalue weighted by atomic mass is 79.9. The van der Waals surface area contributed by atoms with Gasteiger partial charge in [-0.2, -0.15) is 16.8 Å². The van der Waals surface area contributed by atoms with Crippen LogP contribution in [0.4, 0.5) is 22.7 Å². The zero-order valence-corrected chi connectivity index (χ0v) is 25.3. The topological polar surface area (TPSA) is 246 Å². The lowest BCUT2D eigenvalue weighted by Crippen LogP contribution is -2.23. The Labute approximate surface area is 252 Å². The van der Waals surface area contributed by atoms with Crippen molar-refractivity contribution in [2.24, 2.45) is 10.2 Å². The van der Waals surface area contributed by atoms with Gasteiger partial charge in [-0.15, -0.1) is 10.2 Å². The standard InChI is InChI=1S/C23H16Br2N4O11S2/c24-9-16(25)23(32)26-11-1-3-13-10(5-11)6-19(42(38,39)40)21(22(13)31)28-27-20-14-4-2-12(29(33)34)7-15(14)18(8-17(20)30)41(35,36)37/h1-8,16,30-31H,9H2,(H,26,32)(H,35,36,37)(H,38,39,40). The average molecular weight is 748 g/mol. The van der Waals surface area contributed by atoms with Gasteiger partial charge in [0.1, 0.15) is 31.7 Å². The highest BCUT2D eigenvalue weighted by molar-refractivity contribution is 9.12. The molecule has 0 radical (unpaired) electrons. The third kappa shape index (κ3) is 6.20. The molecule has 4 aromatic rings. The van der Waals surface area contributed by atoms with E-state index in [0.717, 1.165) is 24.3 Å². The molecule has 0 aliphatic carbocycles. The van der Waals surface area contributed by atoms with Crippen LogP contribution in [0.15, 0.2) is 68.6 Å². The first-order chi connectivity index (χ1) is 19.5. The molecule has 4 aromatic carbocycles. The molecule has 0 saturated carbocycles. The van der Waals surface area contributed by atoms with Gasteiger partial charge in [0.25, 0.3) is 25.9 Å². The maximum Gasteiger partial charge on any atom is 0.296 e. The van der Waals surface area contributed by atoms with Gasteiger partial charge < -0.3 is 15.5 Å². The van der Waals surface area contributed by atoms with E-state index in [1.807, 2.05) is 0 Å². The molecule has 0 saturated heterocycles. The SMILES string of the molecule is O=C(Nc1ccc2c(O)c(N=Nc3c(O)cc(S(=O)(=O)O)c4cc([N+](=O)[O-])ccc34)c(S(=O)(=O)O)cc2c1)C(Br)CBr. The fourth-order valence-electron chi connectivity index (χ4n) is 3.90. The molecule has 0 heterocycles. The van der Waals surface area contributed by atoms with E-state index in [2.05, 4.69) is 47.4 Å². The normalized spacial score (nSPS) is 13.0. The van der Waals surface area contributed by atoms with Crippen LogP contribution in [-0.4, -0.2) is 57.1 Å². The number of phenols is 2. The number of benzene rings is 4. The summed E-state index contributed by atoms with van der Waals surface area (Å²) in [5, 5.41) is 42.4. The number of fused-ring (bicyclic) bond motifs is 2. The number of hydrogen-bond acceptors (Lipinski definition) is 11. The predicted octanol–water partition coefficient (Wildman–Crippen LogP) is 5.32. The van der Waals surface area contributed by atoms with Gasteiger partial charge in [-0.1, -0.05) is 31.9 Å². The average Bonchev–Trinajstić information content (AvgIpc) is 2.90. The lowest BCUT2D eigenvalue weighted by atomic mass is 10.1. The summed E-state index contributed by atoms with van der Waals surface area (Å²) in [4.78, 5) is 20.2. The Morgan fingerprint density at radius 2 is 1.52 bits per heavy atom. The number of anilines is 1. The minimum atomic E-state index is -5.06. The maximum absolute atomic E-state index is 12.2. The van der Waals surface area contributed by atoms with E-state index in [-0.39, 0.29) is 21.8 Å². The molecule has 1 unspecified atom stereocenters. The molecule has 0 aromatic heterocycles. The van der Waals surface area contributed by atoms with E-state index in [0.29, 0.717) is 11.4 Å². The minimum Gasteiger partial charge on any atom is -0.506 e. The molecule has 1 atom stereocenters. The summed E-state index contributed by atoms with van der Waals surface area (Å²) in [7, 11) is -10.1. The van der Waals surface area contributed by atoms with Crippen molar-refractivity contribution < 1.29 is 45.9 Å². The molecule has 1 amide bonds. The molecular formula is C23H16Br2N4O11S2. The number of alkyl halides is 2. The van der Waals surface area contributed by atoms with Crippen LogP contribution < -0.4 is 5.32 Å². The summed E-state index contributed by atoms with van der Waals surface area (Å²) in [6.07, 6.45) is 0. The Morgan fingerprint density at radius 3 is 2.12 bits per heavy atom. The van der Waals surface area contributed by atoms with Crippen molar-refractivity contribution in [3.63, 3.8) is 0 Å². The van der Waals surface area contributed by atoms with Gasteiger partial charge in [0.15, 0.2) is 5.75 Å². The van der Waals surface area contributed by atoms with Gasteiger partial charge in [-0.3, -0.25) is 24.0 Å². The maximum atomic E-state index is 12.2. The van der Waals surface area contributed by atoms with Crippen LogP contribution in [0.1, 0.15) is 0 Å². The number of carbonyl (C=O) groups is 1. The van der Waals surface area contributed by atoms with Gasteiger partial charge in [-0.05, 0) is 35.7 Å². The van der Waals surface area contributed by atoms with Gasteiger partial charge in [0.2, 0.25) is 5.91 Å². The summed E-state index contributed by atoms with van der Waals surface area (Å²) >= 11 is 6.32. The summed E-state index contributed by atoms with van der Waals surface area (Å²) in [6.45, 7) is 0. The number of azo groups is 1.